The molecule has 1 saturated heterocycles. The van der Waals surface area contributed by atoms with Gasteiger partial charge >= 0.3 is 0 Å². The summed E-state index contributed by atoms with van der Waals surface area (Å²) in [4.78, 5) is 14.6. The van der Waals surface area contributed by atoms with Crippen LogP contribution in [0.5, 0.6) is 11.5 Å². The number of anilines is 1. The molecule has 29 heavy (non-hydrogen) atoms. The first kappa shape index (κ1) is 19.4. The molecular formula is C24H28N2O3. The summed E-state index contributed by atoms with van der Waals surface area (Å²) in [5, 5.41) is 3.25. The minimum Gasteiger partial charge on any atom is -0.493 e. The lowest BCUT2D eigenvalue weighted by Crippen LogP contribution is -2.58. The van der Waals surface area contributed by atoms with Crippen LogP contribution < -0.4 is 19.7 Å². The third kappa shape index (κ3) is 2.96. The molecule has 0 aliphatic carbocycles. The number of rotatable bonds is 6. The minimum atomic E-state index is -0.599. The van der Waals surface area contributed by atoms with Gasteiger partial charge in [0.25, 0.3) is 0 Å². The van der Waals surface area contributed by atoms with Crippen LogP contribution in [0.3, 0.4) is 0 Å². The molecule has 2 heterocycles. The SMILES string of the molecule is CCCOc1ccc(C=C[C@@]23NC(=O)CN2c2ccccc2C3(C)C)cc1OC. The summed E-state index contributed by atoms with van der Waals surface area (Å²) in [6.45, 7) is 7.46. The molecule has 1 N–H and O–H groups in total. The van der Waals surface area contributed by atoms with Gasteiger partial charge in [0, 0.05) is 11.1 Å². The van der Waals surface area contributed by atoms with Crippen molar-refractivity contribution in [2.24, 2.45) is 0 Å². The highest BCUT2D eigenvalue weighted by atomic mass is 16.5. The van der Waals surface area contributed by atoms with Gasteiger partial charge < -0.3 is 19.7 Å². The van der Waals surface area contributed by atoms with Crippen molar-refractivity contribution >= 4 is 17.7 Å². The monoisotopic (exact) mass is 392 g/mol. The second kappa shape index (κ2) is 7.14. The average molecular weight is 392 g/mol. The molecule has 152 valence electrons. The number of carbonyl (C=O) groups is 1. The Morgan fingerprint density at radius 1 is 1.17 bits per heavy atom. The van der Waals surface area contributed by atoms with Crippen molar-refractivity contribution in [3.05, 3.63) is 59.7 Å². The topological polar surface area (TPSA) is 50.8 Å². The highest BCUT2D eigenvalue weighted by Crippen LogP contribution is 2.52. The molecule has 2 aromatic carbocycles. The fraction of sp³-hybridized carbons (Fsp3) is 0.375. The first-order chi connectivity index (χ1) is 13.9. The van der Waals surface area contributed by atoms with Crippen molar-refractivity contribution in [3.8, 4) is 11.5 Å². The van der Waals surface area contributed by atoms with Crippen molar-refractivity contribution in [3.63, 3.8) is 0 Å². The zero-order chi connectivity index (χ0) is 20.6. The molecule has 0 radical (unpaired) electrons. The van der Waals surface area contributed by atoms with Gasteiger partial charge in [-0.2, -0.15) is 0 Å². The van der Waals surface area contributed by atoms with E-state index in [1.54, 1.807) is 7.11 Å². The van der Waals surface area contributed by atoms with Crippen molar-refractivity contribution in [1.29, 1.82) is 0 Å². The van der Waals surface area contributed by atoms with E-state index < -0.39 is 5.66 Å². The molecule has 2 aliphatic rings. The number of hydrogen-bond acceptors (Lipinski definition) is 4. The van der Waals surface area contributed by atoms with Crippen LogP contribution in [0.2, 0.25) is 0 Å². The number of amides is 1. The number of para-hydroxylation sites is 1. The number of carbonyl (C=O) groups excluding carboxylic acids is 1. The Bertz CT molecular complexity index is 966. The van der Waals surface area contributed by atoms with Crippen LogP contribution in [0, 0.1) is 0 Å². The highest BCUT2D eigenvalue weighted by Gasteiger charge is 2.59. The number of fused-ring (bicyclic) bond motifs is 3. The van der Waals surface area contributed by atoms with Crippen LogP contribution in [0.15, 0.2) is 48.5 Å². The summed E-state index contributed by atoms with van der Waals surface area (Å²) < 4.78 is 11.3. The molecule has 2 aliphatic heterocycles. The summed E-state index contributed by atoms with van der Waals surface area (Å²) in [5.74, 6) is 1.49. The Kier molecular flexibility index (Phi) is 4.77. The van der Waals surface area contributed by atoms with Gasteiger partial charge in [-0.15, -0.1) is 0 Å². The average Bonchev–Trinajstić information content (AvgIpc) is 3.16. The van der Waals surface area contributed by atoms with Crippen molar-refractivity contribution in [2.45, 2.75) is 38.3 Å². The number of methoxy groups -OCH3 is 1. The summed E-state index contributed by atoms with van der Waals surface area (Å²) in [6, 6.07) is 14.2. The van der Waals surface area contributed by atoms with Gasteiger partial charge in [-0.3, -0.25) is 4.79 Å². The van der Waals surface area contributed by atoms with E-state index in [-0.39, 0.29) is 11.3 Å². The number of benzene rings is 2. The summed E-state index contributed by atoms with van der Waals surface area (Å²) in [5.41, 5.74) is 2.47. The molecule has 4 rings (SSSR count). The maximum atomic E-state index is 12.4. The van der Waals surface area contributed by atoms with E-state index in [2.05, 4.69) is 61.3 Å². The normalized spacial score (nSPS) is 21.8. The van der Waals surface area contributed by atoms with Crippen molar-refractivity contribution in [2.75, 3.05) is 25.2 Å². The zero-order valence-corrected chi connectivity index (χ0v) is 17.5. The van der Waals surface area contributed by atoms with Crippen molar-refractivity contribution < 1.29 is 14.3 Å². The van der Waals surface area contributed by atoms with Crippen LogP contribution in [-0.4, -0.2) is 31.8 Å². The largest absolute Gasteiger partial charge is 0.493 e. The molecule has 5 nitrogen and oxygen atoms in total. The Labute approximate surface area is 172 Å². The van der Waals surface area contributed by atoms with Gasteiger partial charge in [0.15, 0.2) is 11.5 Å². The minimum absolute atomic E-state index is 0.0399. The second-order valence-electron chi connectivity index (χ2n) is 8.13. The van der Waals surface area contributed by atoms with E-state index in [1.165, 1.54) is 5.56 Å². The third-order valence-electron chi connectivity index (χ3n) is 6.04. The van der Waals surface area contributed by atoms with Gasteiger partial charge in [-0.25, -0.2) is 0 Å². The Morgan fingerprint density at radius 2 is 1.97 bits per heavy atom. The fourth-order valence-electron chi connectivity index (χ4n) is 4.48. The molecule has 0 saturated carbocycles. The van der Waals surface area contributed by atoms with Crippen LogP contribution >= 0.6 is 0 Å². The van der Waals surface area contributed by atoms with Gasteiger partial charge in [0.05, 0.1) is 20.3 Å². The van der Waals surface area contributed by atoms with Gasteiger partial charge in [0.2, 0.25) is 5.91 Å². The maximum Gasteiger partial charge on any atom is 0.241 e. The molecule has 0 spiro atoms. The number of hydrogen-bond donors (Lipinski definition) is 1. The van der Waals surface area contributed by atoms with Crippen molar-refractivity contribution in [1.82, 2.24) is 5.32 Å². The molecule has 0 aromatic heterocycles. The molecule has 1 amide bonds. The number of ether oxygens (including phenoxy) is 2. The lowest BCUT2D eigenvalue weighted by Gasteiger charge is -2.40. The van der Waals surface area contributed by atoms with E-state index in [1.807, 2.05) is 24.3 Å². The van der Waals surface area contributed by atoms with E-state index in [0.29, 0.717) is 18.9 Å². The van der Waals surface area contributed by atoms with E-state index >= 15 is 0 Å². The lowest BCUT2D eigenvalue weighted by molar-refractivity contribution is -0.118. The van der Waals surface area contributed by atoms with Crippen LogP contribution in [0.1, 0.15) is 38.3 Å². The Balaban J connectivity index is 1.71. The highest BCUT2D eigenvalue weighted by molar-refractivity contribution is 5.91. The lowest BCUT2D eigenvalue weighted by atomic mass is 9.75. The molecule has 5 heteroatoms. The molecule has 0 unspecified atom stereocenters. The maximum absolute atomic E-state index is 12.4. The number of nitrogens with zero attached hydrogens (tertiary/aromatic N) is 1. The van der Waals surface area contributed by atoms with Gasteiger partial charge in [-0.05, 0) is 41.8 Å². The van der Waals surface area contributed by atoms with Crippen LogP contribution in [0.4, 0.5) is 5.69 Å². The molecule has 1 atom stereocenters. The fourth-order valence-corrected chi connectivity index (χ4v) is 4.48. The van der Waals surface area contributed by atoms with E-state index in [9.17, 15) is 4.79 Å². The number of nitrogens with one attached hydrogen (secondary N) is 1. The standard InChI is InChI=1S/C24H28N2O3/c1-5-14-29-20-11-10-17(15-21(20)28-4)12-13-24-23(2,3)18-8-6-7-9-19(18)26(24)16-22(27)25-24/h6-13,15H,5,14,16H2,1-4H3,(H,25,27)/t24-/m1/s1. The Hall–Kier alpha value is -2.95. The van der Waals surface area contributed by atoms with Crippen LogP contribution in [0.25, 0.3) is 6.08 Å². The van der Waals surface area contributed by atoms with E-state index in [0.717, 1.165) is 23.4 Å². The van der Waals surface area contributed by atoms with Gasteiger partial charge in [-0.1, -0.05) is 51.1 Å². The van der Waals surface area contributed by atoms with Gasteiger partial charge in [0.1, 0.15) is 5.66 Å². The molecule has 0 bridgehead atoms. The molecule has 1 fully saturated rings. The van der Waals surface area contributed by atoms with E-state index in [4.69, 9.17) is 9.47 Å². The molecular weight excluding hydrogens is 364 g/mol. The zero-order valence-electron chi connectivity index (χ0n) is 17.5. The third-order valence-corrected chi connectivity index (χ3v) is 6.04. The predicted molar refractivity (Wildman–Crippen MR) is 116 cm³/mol. The Morgan fingerprint density at radius 3 is 2.72 bits per heavy atom. The quantitative estimate of drug-likeness (QED) is 0.803. The summed E-state index contributed by atoms with van der Waals surface area (Å²) in [7, 11) is 1.65. The first-order valence-electron chi connectivity index (χ1n) is 10.1. The second-order valence-corrected chi connectivity index (χ2v) is 8.13. The smallest absolute Gasteiger partial charge is 0.241 e. The summed E-state index contributed by atoms with van der Waals surface area (Å²) in [6.07, 6.45) is 5.11. The first-order valence-corrected chi connectivity index (χ1v) is 10.1. The molecule has 2 aromatic rings. The summed E-state index contributed by atoms with van der Waals surface area (Å²) >= 11 is 0. The predicted octanol–water partition coefficient (Wildman–Crippen LogP) is 4.12. The van der Waals surface area contributed by atoms with Crippen LogP contribution in [-0.2, 0) is 10.2 Å².